The summed E-state index contributed by atoms with van der Waals surface area (Å²) in [5, 5.41) is 5.72. The molecule has 0 aliphatic rings. The fourth-order valence-corrected chi connectivity index (χ4v) is 1.77. The lowest BCUT2D eigenvalue weighted by atomic mass is 10.1. The molecule has 2 nitrogen and oxygen atoms in total. The number of anilines is 1. The normalized spacial score (nSPS) is 10.9. The van der Waals surface area contributed by atoms with Gasteiger partial charge in [-0.2, -0.15) is 0 Å². The molecule has 0 saturated heterocycles. The molecule has 0 amide bonds. The molecule has 0 aliphatic carbocycles. The van der Waals surface area contributed by atoms with Gasteiger partial charge in [-0.25, -0.2) is 0 Å². The van der Waals surface area contributed by atoms with E-state index >= 15 is 0 Å². The number of carbonyl (C=O) groups is 1. The SMILES string of the molecule is CC(=O)C=CCNc1cccc2ccccc12. The molecule has 0 saturated carbocycles. The lowest BCUT2D eigenvalue weighted by Crippen LogP contribution is -1.99. The molecule has 0 unspecified atom stereocenters. The number of nitrogens with one attached hydrogen (secondary N) is 1. The Bertz CT molecular complexity index is 552. The van der Waals surface area contributed by atoms with Crippen molar-refractivity contribution in [3.05, 3.63) is 54.6 Å². The van der Waals surface area contributed by atoms with Gasteiger partial charge in [0.2, 0.25) is 0 Å². The summed E-state index contributed by atoms with van der Waals surface area (Å²) in [5.41, 5.74) is 1.09. The van der Waals surface area contributed by atoms with Crippen molar-refractivity contribution in [1.82, 2.24) is 0 Å². The molecule has 2 aromatic rings. The van der Waals surface area contributed by atoms with Crippen LogP contribution in [0.2, 0.25) is 0 Å². The van der Waals surface area contributed by atoms with Crippen LogP contribution < -0.4 is 5.32 Å². The summed E-state index contributed by atoms with van der Waals surface area (Å²) in [6.45, 7) is 2.21. The van der Waals surface area contributed by atoms with Gasteiger partial charge < -0.3 is 5.32 Å². The van der Waals surface area contributed by atoms with Crippen molar-refractivity contribution in [1.29, 1.82) is 0 Å². The minimum atomic E-state index is 0.0738. The number of benzene rings is 2. The number of rotatable bonds is 4. The summed E-state index contributed by atoms with van der Waals surface area (Å²) in [6.07, 6.45) is 3.42. The Balaban J connectivity index is 2.16. The zero-order chi connectivity index (χ0) is 12.1. The van der Waals surface area contributed by atoms with Gasteiger partial charge in [0.25, 0.3) is 0 Å². The van der Waals surface area contributed by atoms with E-state index in [9.17, 15) is 4.79 Å². The number of hydrogen-bond acceptors (Lipinski definition) is 2. The van der Waals surface area contributed by atoms with Crippen LogP contribution in [0.3, 0.4) is 0 Å². The van der Waals surface area contributed by atoms with Gasteiger partial charge in [0.05, 0.1) is 0 Å². The van der Waals surface area contributed by atoms with Crippen molar-refractivity contribution in [3.63, 3.8) is 0 Å². The molecule has 0 heterocycles. The van der Waals surface area contributed by atoms with Crippen molar-refractivity contribution in [2.75, 3.05) is 11.9 Å². The average Bonchev–Trinajstić information content (AvgIpc) is 2.34. The van der Waals surface area contributed by atoms with Gasteiger partial charge in [0, 0.05) is 17.6 Å². The van der Waals surface area contributed by atoms with E-state index in [1.54, 1.807) is 13.0 Å². The Morgan fingerprint density at radius 1 is 1.18 bits per heavy atom. The molecule has 0 spiro atoms. The second-order valence-corrected chi connectivity index (χ2v) is 3.92. The summed E-state index contributed by atoms with van der Waals surface area (Å²) in [4.78, 5) is 10.8. The van der Waals surface area contributed by atoms with Crippen molar-refractivity contribution < 1.29 is 4.79 Å². The molecular weight excluding hydrogens is 210 g/mol. The standard InChI is InChI=1S/C15H15NO/c1-12(17)6-5-11-16-15-10-4-8-13-7-2-3-9-14(13)15/h2-10,16H,11H2,1H3. The van der Waals surface area contributed by atoms with E-state index in [-0.39, 0.29) is 5.78 Å². The third-order valence-electron chi connectivity index (χ3n) is 2.55. The van der Waals surface area contributed by atoms with Crippen LogP contribution in [0.15, 0.2) is 54.6 Å². The molecule has 2 rings (SSSR count). The fraction of sp³-hybridized carbons (Fsp3) is 0.133. The van der Waals surface area contributed by atoms with Crippen LogP contribution in [0.1, 0.15) is 6.92 Å². The van der Waals surface area contributed by atoms with Gasteiger partial charge in [-0.1, -0.05) is 42.5 Å². The smallest absolute Gasteiger partial charge is 0.152 e. The first-order chi connectivity index (χ1) is 8.27. The highest BCUT2D eigenvalue weighted by molar-refractivity contribution is 5.93. The first kappa shape index (κ1) is 11.4. The van der Waals surface area contributed by atoms with E-state index in [4.69, 9.17) is 0 Å². The van der Waals surface area contributed by atoms with Gasteiger partial charge in [-0.05, 0) is 24.5 Å². The number of allylic oxidation sites excluding steroid dienone is 1. The molecule has 0 bridgehead atoms. The molecule has 2 heteroatoms. The first-order valence-corrected chi connectivity index (χ1v) is 5.66. The Morgan fingerprint density at radius 3 is 2.76 bits per heavy atom. The summed E-state index contributed by atoms with van der Waals surface area (Å²) >= 11 is 0. The molecule has 0 atom stereocenters. The Hall–Kier alpha value is -2.09. The van der Waals surface area contributed by atoms with Crippen molar-refractivity contribution >= 4 is 22.2 Å². The van der Waals surface area contributed by atoms with Gasteiger partial charge in [-0.3, -0.25) is 4.79 Å². The highest BCUT2D eigenvalue weighted by Crippen LogP contribution is 2.22. The summed E-state index contributed by atoms with van der Waals surface area (Å²) < 4.78 is 0. The maximum absolute atomic E-state index is 10.8. The monoisotopic (exact) mass is 225 g/mol. The minimum absolute atomic E-state index is 0.0738. The number of carbonyl (C=O) groups excluding carboxylic acids is 1. The fourth-order valence-electron chi connectivity index (χ4n) is 1.77. The summed E-state index contributed by atoms with van der Waals surface area (Å²) in [5.74, 6) is 0.0738. The van der Waals surface area contributed by atoms with Crippen LogP contribution in [0.25, 0.3) is 10.8 Å². The number of fused-ring (bicyclic) bond motifs is 1. The van der Waals surface area contributed by atoms with E-state index in [1.807, 2.05) is 30.3 Å². The molecule has 1 N–H and O–H groups in total. The zero-order valence-electron chi connectivity index (χ0n) is 9.81. The van der Waals surface area contributed by atoms with Crippen molar-refractivity contribution in [2.45, 2.75) is 6.92 Å². The lowest BCUT2D eigenvalue weighted by molar-refractivity contribution is -0.112. The Kier molecular flexibility index (Phi) is 3.55. The van der Waals surface area contributed by atoms with Gasteiger partial charge in [-0.15, -0.1) is 0 Å². The van der Waals surface area contributed by atoms with Crippen LogP contribution in [0, 0.1) is 0 Å². The molecular formula is C15H15NO. The van der Waals surface area contributed by atoms with E-state index in [0.717, 1.165) is 5.69 Å². The lowest BCUT2D eigenvalue weighted by Gasteiger charge is -2.07. The number of ketones is 1. The molecule has 0 fully saturated rings. The highest BCUT2D eigenvalue weighted by atomic mass is 16.1. The maximum atomic E-state index is 10.8. The van der Waals surface area contributed by atoms with E-state index in [2.05, 4.69) is 23.5 Å². The molecule has 86 valence electrons. The largest absolute Gasteiger partial charge is 0.381 e. The zero-order valence-corrected chi connectivity index (χ0v) is 9.81. The van der Waals surface area contributed by atoms with Crippen molar-refractivity contribution in [2.24, 2.45) is 0 Å². The molecule has 0 aliphatic heterocycles. The first-order valence-electron chi connectivity index (χ1n) is 5.66. The predicted molar refractivity (Wildman–Crippen MR) is 72.3 cm³/mol. The van der Waals surface area contributed by atoms with Crippen LogP contribution in [-0.2, 0) is 4.79 Å². The molecule has 2 aromatic carbocycles. The van der Waals surface area contributed by atoms with Gasteiger partial charge in [0.15, 0.2) is 5.78 Å². The van der Waals surface area contributed by atoms with Gasteiger partial charge in [0.1, 0.15) is 0 Å². The van der Waals surface area contributed by atoms with Crippen LogP contribution in [0.4, 0.5) is 5.69 Å². The third kappa shape index (κ3) is 2.94. The van der Waals surface area contributed by atoms with Crippen LogP contribution >= 0.6 is 0 Å². The highest BCUT2D eigenvalue weighted by Gasteiger charge is 1.97. The van der Waals surface area contributed by atoms with Crippen molar-refractivity contribution in [3.8, 4) is 0 Å². The van der Waals surface area contributed by atoms with E-state index in [0.29, 0.717) is 6.54 Å². The van der Waals surface area contributed by atoms with Crippen LogP contribution in [-0.4, -0.2) is 12.3 Å². The topological polar surface area (TPSA) is 29.1 Å². The Morgan fingerprint density at radius 2 is 1.94 bits per heavy atom. The Labute approximate surface area is 101 Å². The average molecular weight is 225 g/mol. The van der Waals surface area contributed by atoms with E-state index in [1.165, 1.54) is 10.8 Å². The maximum Gasteiger partial charge on any atom is 0.152 e. The second-order valence-electron chi connectivity index (χ2n) is 3.92. The molecule has 0 aromatic heterocycles. The third-order valence-corrected chi connectivity index (χ3v) is 2.55. The summed E-state index contributed by atoms with van der Waals surface area (Å²) in [6, 6.07) is 14.4. The quantitative estimate of drug-likeness (QED) is 0.808. The molecule has 0 radical (unpaired) electrons. The minimum Gasteiger partial charge on any atom is -0.381 e. The predicted octanol–water partition coefficient (Wildman–Crippen LogP) is 3.40. The summed E-state index contributed by atoms with van der Waals surface area (Å²) in [7, 11) is 0. The second kappa shape index (κ2) is 5.30. The van der Waals surface area contributed by atoms with E-state index < -0.39 is 0 Å². The number of hydrogen-bond donors (Lipinski definition) is 1. The molecule has 17 heavy (non-hydrogen) atoms. The van der Waals surface area contributed by atoms with Gasteiger partial charge >= 0.3 is 0 Å². The van der Waals surface area contributed by atoms with Crippen LogP contribution in [0.5, 0.6) is 0 Å².